The normalized spacial score (nSPS) is 18.7. The quantitative estimate of drug-likeness (QED) is 0.663. The van der Waals surface area contributed by atoms with Crippen molar-refractivity contribution in [3.8, 4) is 0 Å². The summed E-state index contributed by atoms with van der Waals surface area (Å²) >= 11 is 0. The van der Waals surface area contributed by atoms with E-state index in [0.717, 1.165) is 32.2 Å². The van der Waals surface area contributed by atoms with E-state index in [4.69, 9.17) is 0 Å². The Bertz CT molecular complexity index is 387. The van der Waals surface area contributed by atoms with Gasteiger partial charge in [-0.25, -0.2) is 13.1 Å². The smallest absolute Gasteiger partial charge is 0.223 e. The highest BCUT2D eigenvalue weighted by molar-refractivity contribution is 7.88. The first kappa shape index (κ1) is 16.4. The van der Waals surface area contributed by atoms with Crippen LogP contribution in [0.3, 0.4) is 0 Å². The Morgan fingerprint density at radius 1 is 1.26 bits per heavy atom. The zero-order chi connectivity index (χ0) is 14.5. The summed E-state index contributed by atoms with van der Waals surface area (Å²) in [5, 5.41) is 2.78. The first-order valence-electron chi connectivity index (χ1n) is 6.76. The van der Waals surface area contributed by atoms with Crippen LogP contribution >= 0.6 is 0 Å². The van der Waals surface area contributed by atoms with Gasteiger partial charge in [0.2, 0.25) is 15.9 Å². The molecule has 1 aliphatic rings. The molecule has 0 aromatic heterocycles. The average molecular weight is 291 g/mol. The standard InChI is InChI=1S/C12H25N3O3S/c1-10(2)15-8-4-11(5-9-15)12(16)13-6-7-14-19(3,17)18/h10-11,14H,4-9H2,1-3H3,(H,13,16). The first-order chi connectivity index (χ1) is 8.79. The summed E-state index contributed by atoms with van der Waals surface area (Å²) in [4.78, 5) is 14.3. The summed E-state index contributed by atoms with van der Waals surface area (Å²) < 4.78 is 24.0. The summed E-state index contributed by atoms with van der Waals surface area (Å²) in [7, 11) is -3.17. The Balaban J connectivity index is 2.21. The maximum Gasteiger partial charge on any atom is 0.223 e. The van der Waals surface area contributed by atoms with E-state index in [1.165, 1.54) is 0 Å². The zero-order valence-corrected chi connectivity index (χ0v) is 12.8. The number of amides is 1. The molecule has 2 N–H and O–H groups in total. The average Bonchev–Trinajstić information content (AvgIpc) is 2.33. The Hall–Kier alpha value is -0.660. The Morgan fingerprint density at radius 3 is 2.32 bits per heavy atom. The Morgan fingerprint density at radius 2 is 1.84 bits per heavy atom. The van der Waals surface area contributed by atoms with Crippen molar-refractivity contribution in [3.63, 3.8) is 0 Å². The van der Waals surface area contributed by atoms with E-state index in [0.29, 0.717) is 12.6 Å². The minimum Gasteiger partial charge on any atom is -0.355 e. The van der Waals surface area contributed by atoms with Crippen LogP contribution in [-0.2, 0) is 14.8 Å². The van der Waals surface area contributed by atoms with Gasteiger partial charge in [-0.3, -0.25) is 4.79 Å². The van der Waals surface area contributed by atoms with Crippen LogP contribution in [-0.4, -0.2) is 57.7 Å². The fourth-order valence-electron chi connectivity index (χ4n) is 2.24. The van der Waals surface area contributed by atoms with Crippen LogP contribution in [0.25, 0.3) is 0 Å². The molecule has 1 amide bonds. The van der Waals surface area contributed by atoms with Gasteiger partial charge in [-0.1, -0.05) is 0 Å². The minimum atomic E-state index is -3.17. The maximum atomic E-state index is 11.9. The molecule has 1 heterocycles. The summed E-state index contributed by atoms with van der Waals surface area (Å²) in [6.07, 6.45) is 2.86. The molecule has 0 aliphatic carbocycles. The van der Waals surface area contributed by atoms with E-state index in [9.17, 15) is 13.2 Å². The Labute approximate surface area is 116 Å². The van der Waals surface area contributed by atoms with Crippen molar-refractivity contribution in [2.75, 3.05) is 32.4 Å². The number of nitrogens with zero attached hydrogens (tertiary/aromatic N) is 1. The van der Waals surface area contributed by atoms with E-state index in [2.05, 4.69) is 28.8 Å². The molecule has 6 nitrogen and oxygen atoms in total. The molecular weight excluding hydrogens is 266 g/mol. The molecule has 1 saturated heterocycles. The first-order valence-corrected chi connectivity index (χ1v) is 8.65. The minimum absolute atomic E-state index is 0.0405. The third-order valence-electron chi connectivity index (χ3n) is 3.42. The summed E-state index contributed by atoms with van der Waals surface area (Å²) in [5.74, 6) is 0.104. The van der Waals surface area contributed by atoms with Crippen LogP contribution in [0.15, 0.2) is 0 Å². The molecule has 0 aromatic carbocycles. The number of rotatable bonds is 6. The number of carbonyl (C=O) groups is 1. The van der Waals surface area contributed by atoms with Crippen LogP contribution in [0, 0.1) is 5.92 Å². The zero-order valence-electron chi connectivity index (χ0n) is 12.0. The van der Waals surface area contributed by atoms with Crippen LogP contribution < -0.4 is 10.0 Å². The molecular formula is C12H25N3O3S. The topological polar surface area (TPSA) is 78.5 Å². The van der Waals surface area contributed by atoms with E-state index in [1.807, 2.05) is 0 Å². The second-order valence-electron chi connectivity index (χ2n) is 5.36. The largest absolute Gasteiger partial charge is 0.355 e. The fraction of sp³-hybridized carbons (Fsp3) is 0.917. The summed E-state index contributed by atoms with van der Waals surface area (Å²) in [6, 6.07) is 0.531. The van der Waals surface area contributed by atoms with Gasteiger partial charge in [-0.15, -0.1) is 0 Å². The van der Waals surface area contributed by atoms with Crippen molar-refractivity contribution < 1.29 is 13.2 Å². The second kappa shape index (κ2) is 7.21. The van der Waals surface area contributed by atoms with E-state index in [1.54, 1.807) is 0 Å². The Kier molecular flexibility index (Phi) is 6.22. The van der Waals surface area contributed by atoms with Gasteiger partial charge < -0.3 is 10.2 Å². The van der Waals surface area contributed by atoms with Crippen molar-refractivity contribution in [3.05, 3.63) is 0 Å². The van der Waals surface area contributed by atoms with Gasteiger partial charge >= 0.3 is 0 Å². The number of hydrogen-bond acceptors (Lipinski definition) is 4. The van der Waals surface area contributed by atoms with Gasteiger partial charge in [0.15, 0.2) is 0 Å². The highest BCUT2D eigenvalue weighted by atomic mass is 32.2. The molecule has 7 heteroatoms. The van der Waals surface area contributed by atoms with Crippen molar-refractivity contribution in [2.24, 2.45) is 5.92 Å². The molecule has 19 heavy (non-hydrogen) atoms. The van der Waals surface area contributed by atoms with Gasteiger partial charge in [-0.2, -0.15) is 0 Å². The molecule has 1 fully saturated rings. The van der Waals surface area contributed by atoms with E-state index in [-0.39, 0.29) is 18.4 Å². The fourth-order valence-corrected chi connectivity index (χ4v) is 2.72. The number of likely N-dealkylation sites (tertiary alicyclic amines) is 1. The number of carbonyl (C=O) groups excluding carboxylic acids is 1. The monoisotopic (exact) mass is 291 g/mol. The maximum absolute atomic E-state index is 11.9. The van der Waals surface area contributed by atoms with Gasteiger partial charge in [0, 0.05) is 25.0 Å². The molecule has 0 saturated carbocycles. The lowest BCUT2D eigenvalue weighted by molar-refractivity contribution is -0.126. The predicted molar refractivity (Wildman–Crippen MR) is 75.3 cm³/mol. The predicted octanol–water partition coefficient (Wildman–Crippen LogP) is -0.228. The number of hydrogen-bond donors (Lipinski definition) is 2. The molecule has 0 spiro atoms. The van der Waals surface area contributed by atoms with Gasteiger partial charge in [0.1, 0.15) is 0 Å². The van der Waals surface area contributed by atoms with Crippen molar-refractivity contribution >= 4 is 15.9 Å². The molecule has 112 valence electrons. The lowest BCUT2D eigenvalue weighted by atomic mass is 9.95. The van der Waals surface area contributed by atoms with Crippen LogP contribution in [0.4, 0.5) is 0 Å². The van der Waals surface area contributed by atoms with Crippen molar-refractivity contribution in [1.29, 1.82) is 0 Å². The number of piperidine rings is 1. The third kappa shape index (κ3) is 6.35. The number of sulfonamides is 1. The van der Waals surface area contributed by atoms with E-state index < -0.39 is 10.0 Å². The highest BCUT2D eigenvalue weighted by Gasteiger charge is 2.25. The van der Waals surface area contributed by atoms with Gasteiger partial charge in [-0.05, 0) is 39.8 Å². The second-order valence-corrected chi connectivity index (χ2v) is 7.19. The number of nitrogens with one attached hydrogen (secondary N) is 2. The molecule has 0 aromatic rings. The SMILES string of the molecule is CC(C)N1CCC(C(=O)NCCNS(C)(=O)=O)CC1. The van der Waals surface area contributed by atoms with Crippen LogP contribution in [0.2, 0.25) is 0 Å². The van der Waals surface area contributed by atoms with Gasteiger partial charge in [0.25, 0.3) is 0 Å². The van der Waals surface area contributed by atoms with Crippen LogP contribution in [0.5, 0.6) is 0 Å². The third-order valence-corrected chi connectivity index (χ3v) is 4.15. The lowest BCUT2D eigenvalue weighted by Gasteiger charge is -2.33. The van der Waals surface area contributed by atoms with E-state index >= 15 is 0 Å². The van der Waals surface area contributed by atoms with Crippen molar-refractivity contribution in [1.82, 2.24) is 14.9 Å². The molecule has 0 radical (unpaired) electrons. The summed E-state index contributed by atoms with van der Waals surface area (Å²) in [5.41, 5.74) is 0. The summed E-state index contributed by atoms with van der Waals surface area (Å²) in [6.45, 7) is 6.83. The molecule has 0 unspecified atom stereocenters. The lowest BCUT2D eigenvalue weighted by Crippen LogP contribution is -2.44. The molecule has 0 bridgehead atoms. The molecule has 0 atom stereocenters. The molecule has 1 rings (SSSR count). The molecule has 1 aliphatic heterocycles. The highest BCUT2D eigenvalue weighted by Crippen LogP contribution is 2.18. The van der Waals surface area contributed by atoms with Crippen LogP contribution in [0.1, 0.15) is 26.7 Å². The van der Waals surface area contributed by atoms with Crippen molar-refractivity contribution in [2.45, 2.75) is 32.7 Å². The van der Waals surface area contributed by atoms with Gasteiger partial charge in [0.05, 0.1) is 6.26 Å².